The minimum absolute atomic E-state index is 0.694. The van der Waals surface area contributed by atoms with Crippen LogP contribution in [-0.4, -0.2) is 28.0 Å². The highest BCUT2D eigenvalue weighted by atomic mass is 32.1. The zero-order valence-electron chi connectivity index (χ0n) is 12.2. The highest BCUT2D eigenvalue weighted by Gasteiger charge is 2.02. The smallest absolute Gasteiger partial charge is 0.224 e. The Morgan fingerprint density at radius 3 is 2.60 bits per heavy atom. The van der Waals surface area contributed by atoms with Gasteiger partial charge in [-0.3, -0.25) is 0 Å². The molecule has 0 radical (unpaired) electrons. The number of thiazole rings is 1. The van der Waals surface area contributed by atoms with E-state index in [1.807, 2.05) is 19.9 Å². The third-order valence-electron chi connectivity index (χ3n) is 2.70. The Kier molecular flexibility index (Phi) is 5.29. The van der Waals surface area contributed by atoms with Crippen LogP contribution >= 0.6 is 11.3 Å². The molecule has 0 aliphatic carbocycles. The minimum atomic E-state index is 0.694. The molecule has 0 unspecified atom stereocenters. The first-order valence-corrected chi connectivity index (χ1v) is 7.79. The quantitative estimate of drug-likeness (QED) is 0.821. The fourth-order valence-electron chi connectivity index (χ4n) is 1.79. The summed E-state index contributed by atoms with van der Waals surface area (Å²) >= 11 is 1.71. The molecule has 2 heterocycles. The molecule has 0 saturated carbocycles. The van der Waals surface area contributed by atoms with Gasteiger partial charge in [0, 0.05) is 42.3 Å². The summed E-state index contributed by atoms with van der Waals surface area (Å²) in [5.74, 6) is 1.56. The molecule has 0 aliphatic rings. The van der Waals surface area contributed by atoms with E-state index in [2.05, 4.69) is 37.9 Å². The lowest BCUT2D eigenvalue weighted by Crippen LogP contribution is -2.10. The second kappa shape index (κ2) is 7.19. The first kappa shape index (κ1) is 14.7. The van der Waals surface area contributed by atoms with Gasteiger partial charge in [-0.05, 0) is 20.3 Å². The molecule has 2 aromatic heterocycles. The van der Waals surface area contributed by atoms with Crippen molar-refractivity contribution in [2.24, 2.45) is 0 Å². The number of hydrogen-bond donors (Lipinski definition) is 2. The summed E-state index contributed by atoms with van der Waals surface area (Å²) in [6, 6.07) is 1.96. The summed E-state index contributed by atoms with van der Waals surface area (Å²) in [6.07, 6.45) is 1.97. The lowest BCUT2D eigenvalue weighted by Gasteiger charge is -2.08. The highest BCUT2D eigenvalue weighted by molar-refractivity contribution is 7.09. The summed E-state index contributed by atoms with van der Waals surface area (Å²) in [5, 5.41) is 9.79. The van der Waals surface area contributed by atoms with Crippen molar-refractivity contribution in [3.63, 3.8) is 0 Å². The fourth-order valence-corrected chi connectivity index (χ4v) is 2.57. The molecule has 2 rings (SSSR count). The third-order valence-corrected chi connectivity index (χ3v) is 3.73. The van der Waals surface area contributed by atoms with E-state index in [1.54, 1.807) is 11.3 Å². The van der Waals surface area contributed by atoms with Gasteiger partial charge >= 0.3 is 0 Å². The number of aryl methyl sites for hydroxylation is 2. The molecule has 2 aromatic rings. The molecule has 0 bridgehead atoms. The molecular formula is C14H21N5S. The van der Waals surface area contributed by atoms with Crippen LogP contribution in [0.3, 0.4) is 0 Å². The summed E-state index contributed by atoms with van der Waals surface area (Å²) in [5.41, 5.74) is 2.06. The van der Waals surface area contributed by atoms with Crippen LogP contribution in [0.1, 0.15) is 29.7 Å². The largest absolute Gasteiger partial charge is 0.369 e. The fraction of sp³-hybridized carbons (Fsp3) is 0.500. The maximum Gasteiger partial charge on any atom is 0.224 e. The Labute approximate surface area is 123 Å². The van der Waals surface area contributed by atoms with E-state index in [0.29, 0.717) is 5.95 Å². The number of aromatic nitrogens is 3. The van der Waals surface area contributed by atoms with Crippen LogP contribution in [0.25, 0.3) is 0 Å². The molecule has 0 fully saturated rings. The van der Waals surface area contributed by atoms with Crippen LogP contribution in [0.15, 0.2) is 11.4 Å². The van der Waals surface area contributed by atoms with E-state index in [9.17, 15) is 0 Å². The van der Waals surface area contributed by atoms with Gasteiger partial charge in [0.05, 0.1) is 5.01 Å². The van der Waals surface area contributed by atoms with Gasteiger partial charge in [0.15, 0.2) is 0 Å². The van der Waals surface area contributed by atoms with E-state index in [1.165, 1.54) is 0 Å². The maximum absolute atomic E-state index is 4.46. The molecule has 108 valence electrons. The number of nitrogens with one attached hydrogen (secondary N) is 2. The van der Waals surface area contributed by atoms with Gasteiger partial charge in [0.25, 0.3) is 0 Å². The molecule has 5 nitrogen and oxygen atoms in total. The van der Waals surface area contributed by atoms with Crippen LogP contribution in [0.2, 0.25) is 0 Å². The first-order valence-electron chi connectivity index (χ1n) is 6.92. The minimum Gasteiger partial charge on any atom is -0.369 e. The standard InChI is InChI=1S/C14H21N5S/c1-4-6-16-14-18-10(2)8-12(19-14)15-7-5-13-17-11(3)9-20-13/h8-9H,4-7H2,1-3H3,(H2,15,16,18,19). The van der Waals surface area contributed by atoms with Crippen molar-refractivity contribution in [3.8, 4) is 0 Å². The van der Waals surface area contributed by atoms with Gasteiger partial charge in [-0.1, -0.05) is 6.92 Å². The molecule has 0 atom stereocenters. The SMILES string of the molecule is CCCNc1nc(C)cc(NCCc2nc(C)cs2)n1. The predicted octanol–water partition coefficient (Wildman–Crippen LogP) is 3.03. The first-order chi connectivity index (χ1) is 9.67. The second-order valence-electron chi connectivity index (χ2n) is 4.70. The van der Waals surface area contributed by atoms with Crippen LogP contribution in [0, 0.1) is 13.8 Å². The monoisotopic (exact) mass is 291 g/mol. The van der Waals surface area contributed by atoms with Crippen molar-refractivity contribution < 1.29 is 0 Å². The van der Waals surface area contributed by atoms with E-state index in [0.717, 1.165) is 48.1 Å². The van der Waals surface area contributed by atoms with Crippen molar-refractivity contribution in [1.29, 1.82) is 0 Å². The number of nitrogens with zero attached hydrogens (tertiary/aromatic N) is 3. The molecule has 0 saturated heterocycles. The number of anilines is 2. The van der Waals surface area contributed by atoms with Gasteiger partial charge in [0.1, 0.15) is 5.82 Å². The average Bonchev–Trinajstić information content (AvgIpc) is 2.81. The van der Waals surface area contributed by atoms with Gasteiger partial charge in [-0.15, -0.1) is 11.3 Å². The molecular weight excluding hydrogens is 270 g/mol. The number of hydrogen-bond acceptors (Lipinski definition) is 6. The third kappa shape index (κ3) is 4.45. The Hall–Kier alpha value is -1.69. The van der Waals surface area contributed by atoms with E-state index in [-0.39, 0.29) is 0 Å². The summed E-state index contributed by atoms with van der Waals surface area (Å²) in [6.45, 7) is 7.84. The van der Waals surface area contributed by atoms with Crippen LogP contribution < -0.4 is 10.6 Å². The molecule has 0 aliphatic heterocycles. The molecule has 0 spiro atoms. The molecule has 6 heteroatoms. The van der Waals surface area contributed by atoms with Crippen LogP contribution in [-0.2, 0) is 6.42 Å². The Balaban J connectivity index is 1.89. The summed E-state index contributed by atoms with van der Waals surface area (Å²) < 4.78 is 0. The van der Waals surface area contributed by atoms with Gasteiger partial charge in [-0.2, -0.15) is 4.98 Å². The lowest BCUT2D eigenvalue weighted by molar-refractivity contribution is 0.937. The van der Waals surface area contributed by atoms with Gasteiger partial charge < -0.3 is 10.6 Å². The number of rotatable bonds is 7. The normalized spacial score (nSPS) is 10.6. The Bertz CT molecular complexity index is 552. The van der Waals surface area contributed by atoms with E-state index < -0.39 is 0 Å². The molecule has 0 aromatic carbocycles. The Morgan fingerprint density at radius 2 is 1.90 bits per heavy atom. The lowest BCUT2D eigenvalue weighted by atomic mass is 10.4. The van der Waals surface area contributed by atoms with Crippen molar-refractivity contribution >= 4 is 23.1 Å². The summed E-state index contributed by atoms with van der Waals surface area (Å²) in [4.78, 5) is 13.3. The zero-order chi connectivity index (χ0) is 14.4. The summed E-state index contributed by atoms with van der Waals surface area (Å²) in [7, 11) is 0. The Morgan fingerprint density at radius 1 is 1.05 bits per heavy atom. The highest BCUT2D eigenvalue weighted by Crippen LogP contribution is 2.12. The average molecular weight is 291 g/mol. The topological polar surface area (TPSA) is 62.7 Å². The van der Waals surface area contributed by atoms with E-state index in [4.69, 9.17) is 0 Å². The van der Waals surface area contributed by atoms with E-state index >= 15 is 0 Å². The van der Waals surface area contributed by atoms with Crippen LogP contribution in [0.4, 0.5) is 11.8 Å². The molecule has 20 heavy (non-hydrogen) atoms. The van der Waals surface area contributed by atoms with Crippen molar-refractivity contribution in [2.45, 2.75) is 33.6 Å². The molecule has 2 N–H and O–H groups in total. The van der Waals surface area contributed by atoms with Crippen molar-refractivity contribution in [3.05, 3.63) is 27.8 Å². The molecule has 0 amide bonds. The van der Waals surface area contributed by atoms with Crippen molar-refractivity contribution in [1.82, 2.24) is 15.0 Å². The predicted molar refractivity (Wildman–Crippen MR) is 84.6 cm³/mol. The van der Waals surface area contributed by atoms with Gasteiger partial charge in [0.2, 0.25) is 5.95 Å². The second-order valence-corrected chi connectivity index (χ2v) is 5.65. The zero-order valence-corrected chi connectivity index (χ0v) is 13.0. The van der Waals surface area contributed by atoms with Gasteiger partial charge in [-0.25, -0.2) is 9.97 Å². The maximum atomic E-state index is 4.46. The van der Waals surface area contributed by atoms with Crippen molar-refractivity contribution in [2.75, 3.05) is 23.7 Å². The van der Waals surface area contributed by atoms with Crippen LogP contribution in [0.5, 0.6) is 0 Å².